The zero-order valence-corrected chi connectivity index (χ0v) is 13.6. The molecule has 114 valence electrons. The lowest BCUT2D eigenvalue weighted by molar-refractivity contribution is 0.451. The fraction of sp³-hybridized carbons (Fsp3) is 0.294. The fourth-order valence-corrected chi connectivity index (χ4v) is 3.00. The molecule has 0 aliphatic heterocycles. The summed E-state index contributed by atoms with van der Waals surface area (Å²) in [6.07, 6.45) is 2.76. The van der Waals surface area contributed by atoms with E-state index in [1.807, 2.05) is 30.3 Å². The Morgan fingerprint density at radius 1 is 1.27 bits per heavy atom. The smallest absolute Gasteiger partial charge is 0.208 e. The van der Waals surface area contributed by atoms with Gasteiger partial charge < -0.3 is 9.73 Å². The van der Waals surface area contributed by atoms with E-state index < -0.39 is 0 Å². The summed E-state index contributed by atoms with van der Waals surface area (Å²) in [6, 6.07) is 10.2. The number of nitrogens with zero attached hydrogens (tertiary/aromatic N) is 2. The van der Waals surface area contributed by atoms with Gasteiger partial charge in [-0.05, 0) is 13.3 Å². The highest BCUT2D eigenvalue weighted by molar-refractivity contribution is 7.09. The first-order valence-corrected chi connectivity index (χ1v) is 8.32. The van der Waals surface area contributed by atoms with Crippen molar-refractivity contribution in [1.29, 1.82) is 0 Å². The van der Waals surface area contributed by atoms with Gasteiger partial charge in [-0.15, -0.1) is 11.3 Å². The van der Waals surface area contributed by atoms with Gasteiger partial charge in [0.2, 0.25) is 5.89 Å². The molecule has 22 heavy (non-hydrogen) atoms. The van der Waals surface area contributed by atoms with E-state index in [0.717, 1.165) is 23.4 Å². The monoisotopic (exact) mass is 313 g/mol. The molecule has 0 bridgehead atoms. The van der Waals surface area contributed by atoms with E-state index in [2.05, 4.69) is 34.5 Å². The lowest BCUT2D eigenvalue weighted by atomic mass is 10.2. The van der Waals surface area contributed by atoms with Crippen LogP contribution >= 0.6 is 11.3 Å². The molecule has 3 aromatic rings. The van der Waals surface area contributed by atoms with Crippen molar-refractivity contribution in [2.45, 2.75) is 32.9 Å². The quantitative estimate of drug-likeness (QED) is 0.740. The summed E-state index contributed by atoms with van der Waals surface area (Å²) < 4.78 is 5.79. The van der Waals surface area contributed by atoms with Crippen LogP contribution in [0.2, 0.25) is 0 Å². The maximum atomic E-state index is 5.79. The van der Waals surface area contributed by atoms with Crippen molar-refractivity contribution in [3.05, 3.63) is 58.5 Å². The van der Waals surface area contributed by atoms with Crippen molar-refractivity contribution in [3.63, 3.8) is 0 Å². The molecule has 0 fully saturated rings. The number of hydrogen-bond acceptors (Lipinski definition) is 5. The zero-order chi connectivity index (χ0) is 15.4. The molecule has 0 spiro atoms. The average Bonchev–Trinajstić information content (AvgIpc) is 3.22. The maximum absolute atomic E-state index is 5.79. The van der Waals surface area contributed by atoms with E-state index in [1.54, 1.807) is 17.5 Å². The summed E-state index contributed by atoms with van der Waals surface area (Å²) >= 11 is 1.71. The van der Waals surface area contributed by atoms with Crippen LogP contribution in [0.4, 0.5) is 0 Å². The molecule has 0 aliphatic carbocycles. The van der Waals surface area contributed by atoms with Crippen LogP contribution in [0.5, 0.6) is 0 Å². The average molecular weight is 313 g/mol. The number of hydrogen-bond donors (Lipinski definition) is 1. The van der Waals surface area contributed by atoms with Crippen molar-refractivity contribution < 1.29 is 4.42 Å². The Morgan fingerprint density at radius 2 is 2.09 bits per heavy atom. The molecule has 1 atom stereocenters. The van der Waals surface area contributed by atoms with Crippen LogP contribution in [0.1, 0.15) is 36.5 Å². The predicted molar refractivity (Wildman–Crippen MR) is 88.7 cm³/mol. The van der Waals surface area contributed by atoms with E-state index in [4.69, 9.17) is 4.42 Å². The zero-order valence-electron chi connectivity index (χ0n) is 12.7. The predicted octanol–water partition coefficient (Wildman–Crippen LogP) is 4.21. The molecule has 0 radical (unpaired) electrons. The molecule has 0 amide bonds. The normalized spacial score (nSPS) is 12.5. The molecule has 1 aromatic carbocycles. The molecule has 2 heterocycles. The van der Waals surface area contributed by atoms with E-state index in [-0.39, 0.29) is 6.04 Å². The van der Waals surface area contributed by atoms with Crippen LogP contribution in [0.25, 0.3) is 11.3 Å². The van der Waals surface area contributed by atoms with Gasteiger partial charge in [0.1, 0.15) is 0 Å². The summed E-state index contributed by atoms with van der Waals surface area (Å²) in [6.45, 7) is 4.82. The van der Waals surface area contributed by atoms with Crippen LogP contribution < -0.4 is 5.32 Å². The minimum absolute atomic E-state index is 0.184. The van der Waals surface area contributed by atoms with Gasteiger partial charge in [-0.3, -0.25) is 0 Å². The second-order valence-electron chi connectivity index (χ2n) is 5.11. The summed E-state index contributed by atoms with van der Waals surface area (Å²) in [5, 5.41) is 6.69. The van der Waals surface area contributed by atoms with Gasteiger partial charge in [-0.25, -0.2) is 9.97 Å². The molecule has 4 nitrogen and oxygen atoms in total. The Balaban J connectivity index is 1.61. The first-order valence-electron chi connectivity index (χ1n) is 7.44. The van der Waals surface area contributed by atoms with Crippen LogP contribution in [0.15, 0.2) is 46.3 Å². The van der Waals surface area contributed by atoms with Crippen molar-refractivity contribution in [3.8, 4) is 11.3 Å². The first kappa shape index (κ1) is 14.9. The third-order valence-electron chi connectivity index (χ3n) is 3.49. The number of thiazole rings is 1. The Labute approximate surface area is 134 Å². The number of nitrogens with one attached hydrogen (secondary N) is 1. The molecule has 0 saturated heterocycles. The lowest BCUT2D eigenvalue weighted by Crippen LogP contribution is -2.18. The van der Waals surface area contributed by atoms with Gasteiger partial charge in [0.15, 0.2) is 5.76 Å². The third kappa shape index (κ3) is 3.43. The highest BCUT2D eigenvalue weighted by Crippen LogP contribution is 2.21. The molecule has 1 unspecified atom stereocenters. The van der Waals surface area contributed by atoms with Crippen LogP contribution in [0, 0.1) is 0 Å². The molecule has 3 rings (SSSR count). The second kappa shape index (κ2) is 6.85. The summed E-state index contributed by atoms with van der Waals surface area (Å²) in [4.78, 5) is 8.93. The number of aryl methyl sites for hydroxylation is 1. The molecule has 0 aliphatic rings. The largest absolute Gasteiger partial charge is 0.439 e. The molecule has 2 aromatic heterocycles. The van der Waals surface area contributed by atoms with E-state index in [9.17, 15) is 0 Å². The topological polar surface area (TPSA) is 51.0 Å². The van der Waals surface area contributed by atoms with Crippen LogP contribution in [-0.4, -0.2) is 9.97 Å². The van der Waals surface area contributed by atoms with Gasteiger partial charge in [0.25, 0.3) is 0 Å². The van der Waals surface area contributed by atoms with E-state index >= 15 is 0 Å². The van der Waals surface area contributed by atoms with Gasteiger partial charge in [-0.2, -0.15) is 0 Å². The van der Waals surface area contributed by atoms with Crippen LogP contribution in [0.3, 0.4) is 0 Å². The van der Waals surface area contributed by atoms with Crippen molar-refractivity contribution >= 4 is 11.3 Å². The van der Waals surface area contributed by atoms with Gasteiger partial charge in [0.05, 0.1) is 23.4 Å². The van der Waals surface area contributed by atoms with Gasteiger partial charge in [-0.1, -0.05) is 37.3 Å². The SMILES string of the molecule is CCc1nc(C(C)NCc2ncc(-c3ccccc3)o2)cs1. The summed E-state index contributed by atoms with van der Waals surface area (Å²) in [7, 11) is 0. The Hall–Kier alpha value is -1.98. The first-order chi connectivity index (χ1) is 10.8. The lowest BCUT2D eigenvalue weighted by Gasteiger charge is -2.09. The fourth-order valence-electron chi connectivity index (χ4n) is 2.16. The minimum Gasteiger partial charge on any atom is -0.439 e. The highest BCUT2D eigenvalue weighted by atomic mass is 32.1. The summed E-state index contributed by atoms with van der Waals surface area (Å²) in [5.41, 5.74) is 2.12. The van der Waals surface area contributed by atoms with Crippen molar-refractivity contribution in [2.75, 3.05) is 0 Å². The standard InChI is InChI=1S/C17H19N3OS/c1-3-17-20-14(11-22-17)12(2)18-10-16-19-9-15(21-16)13-7-5-4-6-8-13/h4-9,11-12,18H,3,10H2,1-2H3. The Bertz CT molecular complexity index is 720. The molecular weight excluding hydrogens is 294 g/mol. The van der Waals surface area contributed by atoms with E-state index in [1.165, 1.54) is 5.01 Å². The maximum Gasteiger partial charge on any atom is 0.208 e. The van der Waals surface area contributed by atoms with Crippen molar-refractivity contribution in [1.82, 2.24) is 15.3 Å². The molecule has 0 saturated carbocycles. The molecule has 5 heteroatoms. The van der Waals surface area contributed by atoms with E-state index in [0.29, 0.717) is 12.4 Å². The third-order valence-corrected chi connectivity index (χ3v) is 4.50. The number of aromatic nitrogens is 2. The number of oxazole rings is 1. The van der Waals surface area contributed by atoms with Gasteiger partial charge in [0, 0.05) is 17.0 Å². The number of benzene rings is 1. The van der Waals surface area contributed by atoms with Gasteiger partial charge >= 0.3 is 0 Å². The highest BCUT2D eigenvalue weighted by Gasteiger charge is 2.11. The molecule has 1 N–H and O–H groups in total. The van der Waals surface area contributed by atoms with Crippen LogP contribution in [-0.2, 0) is 13.0 Å². The second-order valence-corrected chi connectivity index (χ2v) is 6.05. The molecular formula is C17H19N3OS. The summed E-state index contributed by atoms with van der Waals surface area (Å²) in [5.74, 6) is 1.49. The Kier molecular flexibility index (Phi) is 4.65. The number of rotatable bonds is 6. The Morgan fingerprint density at radius 3 is 2.82 bits per heavy atom. The minimum atomic E-state index is 0.184. The van der Waals surface area contributed by atoms with Crippen molar-refractivity contribution in [2.24, 2.45) is 0 Å².